The first-order chi connectivity index (χ1) is 8.24. The first kappa shape index (κ1) is 16.2. The fourth-order valence-corrected chi connectivity index (χ4v) is 4.26. The van der Waals surface area contributed by atoms with Gasteiger partial charge in [-0.3, -0.25) is 0 Å². The maximum atomic E-state index is 12.0. The molecule has 1 rings (SSSR count). The number of nitrogens with one attached hydrogen (secondary N) is 1. The smallest absolute Gasteiger partial charge is 0.243 e. The Kier molecular flexibility index (Phi) is 5.89. The highest BCUT2D eigenvalue weighted by Gasteiger charge is 2.21. The fraction of sp³-hybridized carbons (Fsp3) is 0.400. The van der Waals surface area contributed by atoms with E-state index in [2.05, 4.69) is 20.7 Å². The van der Waals surface area contributed by atoms with Crippen LogP contribution in [0.4, 0.5) is 0 Å². The molecule has 0 amide bonds. The van der Waals surface area contributed by atoms with E-state index in [4.69, 9.17) is 28.9 Å². The molecule has 8 heteroatoms. The van der Waals surface area contributed by atoms with Crippen LogP contribution in [0.3, 0.4) is 0 Å². The van der Waals surface area contributed by atoms with Crippen LogP contribution in [0, 0.1) is 0 Å². The van der Waals surface area contributed by atoms with Gasteiger partial charge in [0.2, 0.25) is 10.0 Å². The average Bonchev–Trinajstić information content (AvgIpc) is 2.13. The van der Waals surface area contributed by atoms with E-state index in [0.29, 0.717) is 10.9 Å². The van der Waals surface area contributed by atoms with E-state index in [0.717, 1.165) is 0 Å². The van der Waals surface area contributed by atoms with E-state index >= 15 is 0 Å². The highest BCUT2D eigenvalue weighted by Crippen LogP contribution is 2.32. The number of rotatable bonds is 5. The maximum absolute atomic E-state index is 12.0. The van der Waals surface area contributed by atoms with Crippen molar-refractivity contribution in [2.24, 2.45) is 5.73 Å². The second-order valence-corrected chi connectivity index (χ2v) is 7.30. The van der Waals surface area contributed by atoms with E-state index in [-0.39, 0.29) is 27.5 Å². The molecule has 3 N–H and O–H groups in total. The molecule has 0 aliphatic heterocycles. The van der Waals surface area contributed by atoms with Crippen molar-refractivity contribution in [2.75, 3.05) is 6.54 Å². The van der Waals surface area contributed by atoms with Crippen molar-refractivity contribution in [3.05, 3.63) is 26.7 Å². The lowest BCUT2D eigenvalue weighted by Gasteiger charge is -2.11. The van der Waals surface area contributed by atoms with Crippen LogP contribution in [-0.2, 0) is 10.0 Å². The molecule has 1 atom stereocenters. The summed E-state index contributed by atoms with van der Waals surface area (Å²) in [5, 5.41) is 0.144. The summed E-state index contributed by atoms with van der Waals surface area (Å²) in [7, 11) is -3.72. The zero-order valence-electron chi connectivity index (χ0n) is 9.58. The molecule has 0 aliphatic rings. The van der Waals surface area contributed by atoms with Crippen LogP contribution in [-0.4, -0.2) is 21.0 Å². The van der Waals surface area contributed by atoms with Gasteiger partial charge in [-0.25, -0.2) is 13.1 Å². The first-order valence-corrected chi connectivity index (χ1v) is 8.17. The van der Waals surface area contributed by atoms with Gasteiger partial charge in [0.25, 0.3) is 0 Å². The summed E-state index contributed by atoms with van der Waals surface area (Å²) < 4.78 is 27.1. The standard InChI is InChI=1S/C10H13BrCl2N2O2S/c1-6(14)2-3-15-18(16,17)10-8(12)4-7(11)5-9(10)13/h4-6,15H,2-3,14H2,1H3. The second-order valence-electron chi connectivity index (χ2n) is 3.86. The van der Waals surface area contributed by atoms with E-state index < -0.39 is 10.0 Å². The van der Waals surface area contributed by atoms with Gasteiger partial charge in [-0.1, -0.05) is 39.1 Å². The highest BCUT2D eigenvalue weighted by atomic mass is 79.9. The first-order valence-electron chi connectivity index (χ1n) is 5.14. The van der Waals surface area contributed by atoms with E-state index in [1.54, 1.807) is 6.92 Å². The molecule has 1 unspecified atom stereocenters. The molecular formula is C10H13BrCl2N2O2S. The summed E-state index contributed by atoms with van der Waals surface area (Å²) in [5.41, 5.74) is 5.55. The van der Waals surface area contributed by atoms with Crippen molar-refractivity contribution < 1.29 is 8.42 Å². The minimum absolute atomic E-state index is 0.0719. The van der Waals surface area contributed by atoms with Gasteiger partial charge in [-0.2, -0.15) is 0 Å². The predicted molar refractivity (Wildman–Crippen MR) is 77.6 cm³/mol. The molecule has 0 saturated heterocycles. The van der Waals surface area contributed by atoms with Gasteiger partial charge in [0.05, 0.1) is 10.0 Å². The normalized spacial score (nSPS) is 13.6. The number of benzene rings is 1. The highest BCUT2D eigenvalue weighted by molar-refractivity contribution is 9.10. The van der Waals surface area contributed by atoms with E-state index in [1.165, 1.54) is 12.1 Å². The molecule has 0 aliphatic carbocycles. The van der Waals surface area contributed by atoms with Crippen LogP contribution in [0.5, 0.6) is 0 Å². The van der Waals surface area contributed by atoms with Crippen LogP contribution in [0.1, 0.15) is 13.3 Å². The molecule has 0 spiro atoms. The van der Waals surface area contributed by atoms with Crippen LogP contribution >= 0.6 is 39.1 Å². The second kappa shape index (κ2) is 6.54. The number of hydrogen-bond acceptors (Lipinski definition) is 3. The molecular weight excluding hydrogens is 363 g/mol. The fourth-order valence-electron chi connectivity index (χ4n) is 1.28. The van der Waals surface area contributed by atoms with E-state index in [9.17, 15) is 8.42 Å². The van der Waals surface area contributed by atoms with Crippen LogP contribution < -0.4 is 10.5 Å². The Morgan fingerprint density at radius 3 is 2.33 bits per heavy atom. The summed E-state index contributed by atoms with van der Waals surface area (Å²) in [4.78, 5) is -0.112. The lowest BCUT2D eigenvalue weighted by Crippen LogP contribution is -2.29. The zero-order chi connectivity index (χ0) is 13.9. The minimum atomic E-state index is -3.72. The Labute approximate surface area is 125 Å². The average molecular weight is 376 g/mol. The van der Waals surface area contributed by atoms with Gasteiger partial charge in [0.1, 0.15) is 4.90 Å². The summed E-state index contributed by atoms with van der Waals surface area (Å²) in [5.74, 6) is 0. The largest absolute Gasteiger partial charge is 0.328 e. The quantitative estimate of drug-likeness (QED) is 0.830. The predicted octanol–water partition coefficient (Wildman–Crippen LogP) is 2.77. The molecule has 18 heavy (non-hydrogen) atoms. The summed E-state index contributed by atoms with van der Waals surface area (Å²) in [6, 6.07) is 2.88. The molecule has 0 bridgehead atoms. The van der Waals surface area contributed by atoms with Gasteiger partial charge < -0.3 is 5.73 Å². The third kappa shape index (κ3) is 4.36. The van der Waals surface area contributed by atoms with Crippen molar-refractivity contribution >= 4 is 49.2 Å². The molecule has 0 aromatic heterocycles. The third-order valence-electron chi connectivity index (χ3n) is 2.12. The number of nitrogens with two attached hydrogens (primary N) is 1. The lowest BCUT2D eigenvalue weighted by molar-refractivity contribution is 0.572. The number of hydrogen-bond donors (Lipinski definition) is 2. The lowest BCUT2D eigenvalue weighted by atomic mass is 10.3. The molecule has 1 aromatic rings. The molecule has 0 fully saturated rings. The summed E-state index contributed by atoms with van der Waals surface area (Å²) in [6.45, 7) is 2.04. The Hall–Kier alpha value is 0.150. The summed E-state index contributed by atoms with van der Waals surface area (Å²) in [6.07, 6.45) is 0.533. The Bertz CT molecular complexity index is 512. The Balaban J connectivity index is 2.99. The van der Waals surface area contributed by atoms with Gasteiger partial charge in [-0.15, -0.1) is 0 Å². The van der Waals surface area contributed by atoms with Crippen molar-refractivity contribution in [1.29, 1.82) is 0 Å². The third-order valence-corrected chi connectivity index (χ3v) is 4.96. The van der Waals surface area contributed by atoms with Gasteiger partial charge in [0, 0.05) is 17.1 Å². The van der Waals surface area contributed by atoms with Crippen LogP contribution in [0.15, 0.2) is 21.5 Å². The molecule has 1 aromatic carbocycles. The molecule has 4 nitrogen and oxygen atoms in total. The minimum Gasteiger partial charge on any atom is -0.328 e. The van der Waals surface area contributed by atoms with Gasteiger partial charge in [-0.05, 0) is 25.5 Å². The van der Waals surface area contributed by atoms with E-state index in [1.807, 2.05) is 0 Å². The number of sulfonamides is 1. The van der Waals surface area contributed by atoms with Crippen molar-refractivity contribution in [1.82, 2.24) is 4.72 Å². The van der Waals surface area contributed by atoms with Crippen molar-refractivity contribution in [2.45, 2.75) is 24.3 Å². The summed E-state index contributed by atoms with van der Waals surface area (Å²) >= 11 is 15.0. The Morgan fingerprint density at radius 1 is 1.39 bits per heavy atom. The van der Waals surface area contributed by atoms with Gasteiger partial charge in [0.15, 0.2) is 0 Å². The molecule has 0 heterocycles. The molecule has 0 saturated carbocycles. The maximum Gasteiger partial charge on any atom is 0.243 e. The SMILES string of the molecule is CC(N)CCNS(=O)(=O)c1c(Cl)cc(Br)cc1Cl. The monoisotopic (exact) mass is 374 g/mol. The molecule has 0 radical (unpaired) electrons. The van der Waals surface area contributed by atoms with Crippen LogP contribution in [0.25, 0.3) is 0 Å². The van der Waals surface area contributed by atoms with Gasteiger partial charge >= 0.3 is 0 Å². The van der Waals surface area contributed by atoms with Crippen molar-refractivity contribution in [3.63, 3.8) is 0 Å². The zero-order valence-corrected chi connectivity index (χ0v) is 13.5. The topological polar surface area (TPSA) is 72.2 Å². The number of halogens is 3. The molecule has 102 valence electrons. The van der Waals surface area contributed by atoms with Crippen molar-refractivity contribution in [3.8, 4) is 0 Å². The Morgan fingerprint density at radius 2 is 1.89 bits per heavy atom. The van der Waals surface area contributed by atoms with Crippen LogP contribution in [0.2, 0.25) is 10.0 Å².